The molecule has 2 heterocycles. The Morgan fingerprint density at radius 3 is 2.15 bits per heavy atom. The van der Waals surface area contributed by atoms with E-state index in [4.69, 9.17) is 49.3 Å². The van der Waals surface area contributed by atoms with E-state index >= 15 is 0 Å². The SMILES string of the molecule is COCC1CCC(COC)N1C(=O)c1ncc(-c2ccc(Cl)cc2)c(-c2ccc(Cl)cc2Cl)n1. The maximum absolute atomic E-state index is 13.7. The summed E-state index contributed by atoms with van der Waals surface area (Å²) >= 11 is 18.7. The number of nitrogens with zero attached hydrogens (tertiary/aromatic N) is 3. The number of hydrogen-bond acceptors (Lipinski definition) is 5. The van der Waals surface area contributed by atoms with Crippen LogP contribution in [0.1, 0.15) is 23.5 Å². The Labute approximate surface area is 213 Å². The van der Waals surface area contributed by atoms with Crippen molar-refractivity contribution in [3.63, 3.8) is 0 Å². The molecule has 1 aliphatic rings. The summed E-state index contributed by atoms with van der Waals surface area (Å²) < 4.78 is 10.7. The van der Waals surface area contributed by atoms with Crippen molar-refractivity contribution in [3.05, 3.63) is 69.6 Å². The Hall–Kier alpha value is -2.22. The van der Waals surface area contributed by atoms with Crippen LogP contribution >= 0.6 is 34.8 Å². The predicted molar refractivity (Wildman–Crippen MR) is 135 cm³/mol. The monoisotopic (exact) mass is 519 g/mol. The van der Waals surface area contributed by atoms with Gasteiger partial charge in [0.25, 0.3) is 5.91 Å². The van der Waals surface area contributed by atoms with Gasteiger partial charge in [-0.05, 0) is 48.7 Å². The summed E-state index contributed by atoms with van der Waals surface area (Å²) in [6.45, 7) is 0.870. The Bertz CT molecular complexity index is 1160. The molecule has 178 valence electrons. The van der Waals surface area contributed by atoms with E-state index in [-0.39, 0.29) is 23.8 Å². The first kappa shape index (κ1) is 24.9. The van der Waals surface area contributed by atoms with Crippen molar-refractivity contribution in [1.29, 1.82) is 0 Å². The number of methoxy groups -OCH3 is 2. The van der Waals surface area contributed by atoms with Crippen molar-refractivity contribution in [3.8, 4) is 22.4 Å². The van der Waals surface area contributed by atoms with Gasteiger partial charge in [0.05, 0.1) is 36.0 Å². The van der Waals surface area contributed by atoms with Crippen LogP contribution in [0, 0.1) is 0 Å². The minimum atomic E-state index is -0.268. The number of benzene rings is 2. The minimum Gasteiger partial charge on any atom is -0.383 e. The first-order valence-electron chi connectivity index (χ1n) is 10.8. The predicted octanol–water partition coefficient (Wildman–Crippen LogP) is 6.04. The van der Waals surface area contributed by atoms with Crippen LogP contribution in [-0.4, -0.2) is 60.3 Å². The highest BCUT2D eigenvalue weighted by Crippen LogP contribution is 2.36. The average molecular weight is 521 g/mol. The lowest BCUT2D eigenvalue weighted by Gasteiger charge is -2.29. The fraction of sp³-hybridized carbons (Fsp3) is 0.320. The van der Waals surface area contributed by atoms with E-state index in [0.29, 0.717) is 39.5 Å². The average Bonchev–Trinajstić information content (AvgIpc) is 3.21. The molecule has 0 spiro atoms. The second kappa shape index (κ2) is 11.0. The number of carbonyl (C=O) groups is 1. The summed E-state index contributed by atoms with van der Waals surface area (Å²) in [7, 11) is 3.26. The molecule has 2 atom stereocenters. The molecule has 3 aromatic rings. The van der Waals surface area contributed by atoms with Gasteiger partial charge in [0.1, 0.15) is 0 Å². The highest BCUT2D eigenvalue weighted by Gasteiger charge is 2.38. The van der Waals surface area contributed by atoms with E-state index in [9.17, 15) is 4.79 Å². The maximum Gasteiger partial charge on any atom is 0.292 e. The smallest absolute Gasteiger partial charge is 0.292 e. The zero-order valence-corrected chi connectivity index (χ0v) is 21.1. The van der Waals surface area contributed by atoms with Gasteiger partial charge in [-0.3, -0.25) is 4.79 Å². The molecule has 1 aliphatic heterocycles. The lowest BCUT2D eigenvalue weighted by Crippen LogP contribution is -2.45. The van der Waals surface area contributed by atoms with E-state index in [0.717, 1.165) is 24.0 Å². The molecule has 0 bridgehead atoms. The Kier molecular flexibility index (Phi) is 8.06. The van der Waals surface area contributed by atoms with Crippen LogP contribution in [0.25, 0.3) is 22.4 Å². The third-order valence-electron chi connectivity index (χ3n) is 5.89. The number of ether oxygens (including phenoxy) is 2. The molecule has 1 saturated heterocycles. The number of likely N-dealkylation sites (tertiary alicyclic amines) is 1. The van der Waals surface area contributed by atoms with Gasteiger partial charge in [-0.2, -0.15) is 0 Å². The molecular weight excluding hydrogens is 497 g/mol. The molecule has 0 aliphatic carbocycles. The van der Waals surface area contributed by atoms with Crippen molar-refractivity contribution in [2.75, 3.05) is 27.4 Å². The van der Waals surface area contributed by atoms with Gasteiger partial charge in [-0.25, -0.2) is 9.97 Å². The maximum atomic E-state index is 13.7. The van der Waals surface area contributed by atoms with Gasteiger partial charge >= 0.3 is 0 Å². The molecule has 1 amide bonds. The van der Waals surface area contributed by atoms with Crippen molar-refractivity contribution >= 4 is 40.7 Å². The fourth-order valence-corrected chi connectivity index (χ4v) is 4.96. The first-order chi connectivity index (χ1) is 16.4. The lowest BCUT2D eigenvalue weighted by molar-refractivity contribution is 0.0410. The number of halogens is 3. The third-order valence-corrected chi connectivity index (χ3v) is 6.69. The number of amides is 1. The van der Waals surface area contributed by atoms with Crippen molar-refractivity contribution in [2.45, 2.75) is 24.9 Å². The zero-order valence-electron chi connectivity index (χ0n) is 18.8. The van der Waals surface area contributed by atoms with Gasteiger partial charge in [-0.1, -0.05) is 46.9 Å². The van der Waals surface area contributed by atoms with Crippen LogP contribution < -0.4 is 0 Å². The summed E-state index contributed by atoms with van der Waals surface area (Å²) in [5, 5.41) is 1.55. The van der Waals surface area contributed by atoms with Gasteiger partial charge < -0.3 is 14.4 Å². The van der Waals surface area contributed by atoms with Gasteiger partial charge in [0.15, 0.2) is 0 Å². The van der Waals surface area contributed by atoms with Crippen molar-refractivity contribution in [1.82, 2.24) is 14.9 Å². The number of hydrogen-bond donors (Lipinski definition) is 0. The normalized spacial score (nSPS) is 17.9. The van der Waals surface area contributed by atoms with E-state index in [1.165, 1.54) is 0 Å². The van der Waals surface area contributed by atoms with Gasteiger partial charge in [0.2, 0.25) is 5.82 Å². The second-order valence-electron chi connectivity index (χ2n) is 8.10. The van der Waals surface area contributed by atoms with Gasteiger partial charge in [0, 0.05) is 41.6 Å². The van der Waals surface area contributed by atoms with E-state index in [1.54, 1.807) is 55.6 Å². The Morgan fingerprint density at radius 1 is 0.941 bits per heavy atom. The van der Waals surface area contributed by atoms with E-state index < -0.39 is 0 Å². The van der Waals surface area contributed by atoms with Crippen LogP contribution in [-0.2, 0) is 9.47 Å². The number of aromatic nitrogens is 2. The fourth-order valence-electron chi connectivity index (χ4n) is 4.33. The standard InChI is InChI=1S/C25H24Cl3N3O3/c1-33-13-18-8-9-19(14-34-2)31(18)25(32)24-29-12-21(15-3-5-16(26)6-4-15)23(30-24)20-10-7-17(27)11-22(20)28/h3-7,10-12,18-19H,8-9,13-14H2,1-2H3. The molecule has 6 nitrogen and oxygen atoms in total. The summed E-state index contributed by atoms with van der Waals surface area (Å²) in [5.41, 5.74) is 2.75. The van der Waals surface area contributed by atoms with E-state index in [1.807, 2.05) is 12.1 Å². The molecule has 34 heavy (non-hydrogen) atoms. The Morgan fingerprint density at radius 2 is 1.56 bits per heavy atom. The van der Waals surface area contributed by atoms with E-state index in [2.05, 4.69) is 4.98 Å². The third kappa shape index (κ3) is 5.21. The van der Waals surface area contributed by atoms with Crippen molar-refractivity contribution in [2.24, 2.45) is 0 Å². The molecule has 2 unspecified atom stereocenters. The van der Waals surface area contributed by atoms with Gasteiger partial charge in [-0.15, -0.1) is 0 Å². The van der Waals surface area contributed by atoms with Crippen LogP contribution in [0.4, 0.5) is 0 Å². The molecule has 0 N–H and O–H groups in total. The summed E-state index contributed by atoms with van der Waals surface area (Å²) in [6, 6.07) is 12.4. The summed E-state index contributed by atoms with van der Waals surface area (Å²) in [6.07, 6.45) is 3.30. The zero-order chi connectivity index (χ0) is 24.2. The largest absolute Gasteiger partial charge is 0.383 e. The quantitative estimate of drug-likeness (QED) is 0.380. The highest BCUT2D eigenvalue weighted by molar-refractivity contribution is 6.36. The molecule has 4 rings (SSSR count). The van der Waals surface area contributed by atoms with Crippen LogP contribution in [0.2, 0.25) is 15.1 Å². The molecule has 2 aromatic carbocycles. The molecule has 1 aromatic heterocycles. The van der Waals surface area contributed by atoms with Crippen molar-refractivity contribution < 1.29 is 14.3 Å². The molecule has 0 saturated carbocycles. The lowest BCUT2D eigenvalue weighted by atomic mass is 10.0. The van der Waals surface area contributed by atoms with Crippen LogP contribution in [0.5, 0.6) is 0 Å². The summed E-state index contributed by atoms with van der Waals surface area (Å²) in [4.78, 5) is 24.6. The molecule has 0 radical (unpaired) electrons. The highest BCUT2D eigenvalue weighted by atomic mass is 35.5. The number of carbonyl (C=O) groups excluding carboxylic acids is 1. The molecule has 1 fully saturated rings. The molecular formula is C25H24Cl3N3O3. The second-order valence-corrected chi connectivity index (χ2v) is 9.38. The number of rotatable bonds is 7. The summed E-state index contributed by atoms with van der Waals surface area (Å²) in [5.74, 6) is -0.182. The first-order valence-corrected chi connectivity index (χ1v) is 11.9. The topological polar surface area (TPSA) is 64.6 Å². The minimum absolute atomic E-state index is 0.0697. The van der Waals surface area contributed by atoms with Crippen LogP contribution in [0.15, 0.2) is 48.7 Å². The Balaban J connectivity index is 1.81. The molecule has 9 heteroatoms. The van der Waals surface area contributed by atoms with Crippen LogP contribution in [0.3, 0.4) is 0 Å².